The Bertz CT molecular complexity index is 864. The van der Waals surface area contributed by atoms with Crippen LogP contribution in [0.25, 0.3) is 0 Å². The lowest BCUT2D eigenvalue weighted by molar-refractivity contribution is -0.302. The van der Waals surface area contributed by atoms with Gasteiger partial charge in [-0.1, -0.05) is 213 Å². The Morgan fingerprint density at radius 1 is 0.536 bits per heavy atom. The van der Waals surface area contributed by atoms with Gasteiger partial charge in [0.1, 0.15) is 30.5 Å². The van der Waals surface area contributed by atoms with Crippen LogP contribution in [0.4, 0.5) is 0 Å². The van der Waals surface area contributed by atoms with E-state index in [9.17, 15) is 35.4 Å². The molecule has 10 heteroatoms. The van der Waals surface area contributed by atoms with Gasteiger partial charge in [-0.15, -0.1) is 0 Å². The van der Waals surface area contributed by atoms with Crippen molar-refractivity contribution in [1.29, 1.82) is 0 Å². The van der Waals surface area contributed by atoms with Crippen LogP contribution in [0.2, 0.25) is 0 Å². The number of nitrogens with one attached hydrogen (secondary N) is 1. The van der Waals surface area contributed by atoms with Gasteiger partial charge in [0.2, 0.25) is 5.91 Å². The van der Waals surface area contributed by atoms with Crippen molar-refractivity contribution in [1.82, 2.24) is 5.32 Å². The van der Waals surface area contributed by atoms with Crippen molar-refractivity contribution in [2.75, 3.05) is 13.2 Å². The number of ether oxygens (including phenoxy) is 2. The fourth-order valence-electron chi connectivity index (χ4n) is 7.87. The summed E-state index contributed by atoms with van der Waals surface area (Å²) in [4.78, 5) is 13.0. The third-order valence-electron chi connectivity index (χ3n) is 11.8. The van der Waals surface area contributed by atoms with Gasteiger partial charge in [0.15, 0.2) is 6.29 Å². The first-order valence-electron chi connectivity index (χ1n) is 23.8. The van der Waals surface area contributed by atoms with E-state index < -0.39 is 61.5 Å². The number of carbonyl (C=O) groups is 1. The number of rotatable bonds is 40. The number of carbonyl (C=O) groups excluding carboxylic acids is 1. The molecule has 0 aromatic rings. The molecular weight excluding hydrogens is 711 g/mol. The van der Waals surface area contributed by atoms with E-state index in [1.54, 1.807) is 0 Å². The Morgan fingerprint density at radius 2 is 0.893 bits per heavy atom. The van der Waals surface area contributed by atoms with Crippen LogP contribution in [0.5, 0.6) is 0 Å². The number of aliphatic hydroxyl groups is 6. The van der Waals surface area contributed by atoms with Crippen molar-refractivity contribution in [2.45, 2.75) is 275 Å². The molecule has 0 spiro atoms. The van der Waals surface area contributed by atoms with Crippen molar-refractivity contribution < 1.29 is 44.9 Å². The second-order valence-electron chi connectivity index (χ2n) is 17.1. The molecule has 1 rings (SSSR count). The van der Waals surface area contributed by atoms with Crippen LogP contribution >= 0.6 is 0 Å². The van der Waals surface area contributed by atoms with E-state index in [2.05, 4.69) is 19.2 Å². The van der Waals surface area contributed by atoms with Crippen molar-refractivity contribution in [3.63, 3.8) is 0 Å². The number of amides is 1. The first-order chi connectivity index (χ1) is 27.3. The standard InChI is InChI=1S/C46H91NO9/c1-3-5-7-9-11-13-15-16-17-18-19-20-21-22-23-25-27-29-31-33-35-40(50)45(54)47-38(37-55-46-44(53)43(52)42(51)41(36-48)56-46)39(49)34-32-30-28-26-24-14-12-10-8-6-4-2/h38-44,46,48-53H,3-37H2,1-2H3,(H,47,54). The van der Waals surface area contributed by atoms with Gasteiger partial charge in [0, 0.05) is 0 Å². The maximum Gasteiger partial charge on any atom is 0.249 e. The van der Waals surface area contributed by atoms with E-state index in [1.165, 1.54) is 154 Å². The van der Waals surface area contributed by atoms with Crippen LogP contribution in [0.3, 0.4) is 0 Å². The van der Waals surface area contributed by atoms with E-state index in [4.69, 9.17) is 9.47 Å². The summed E-state index contributed by atoms with van der Waals surface area (Å²) in [5.74, 6) is -0.580. The van der Waals surface area contributed by atoms with Crippen molar-refractivity contribution in [3.05, 3.63) is 0 Å². The van der Waals surface area contributed by atoms with Gasteiger partial charge < -0.3 is 45.4 Å². The zero-order chi connectivity index (χ0) is 41.1. The van der Waals surface area contributed by atoms with Crippen molar-refractivity contribution in [2.24, 2.45) is 0 Å². The summed E-state index contributed by atoms with van der Waals surface area (Å²) in [5.41, 5.74) is 0. The van der Waals surface area contributed by atoms with Crippen LogP contribution in [-0.4, -0.2) is 98.7 Å². The molecule has 0 saturated carbocycles. The monoisotopic (exact) mass is 802 g/mol. The topological polar surface area (TPSA) is 169 Å². The van der Waals surface area contributed by atoms with Crippen molar-refractivity contribution in [3.8, 4) is 0 Å². The number of aliphatic hydroxyl groups excluding tert-OH is 6. The summed E-state index contributed by atoms with van der Waals surface area (Å²) >= 11 is 0. The van der Waals surface area contributed by atoms with Gasteiger partial charge >= 0.3 is 0 Å². The molecule has 0 aromatic heterocycles. The highest BCUT2D eigenvalue weighted by Gasteiger charge is 2.44. The molecule has 10 nitrogen and oxygen atoms in total. The molecule has 1 aliphatic rings. The second-order valence-corrected chi connectivity index (χ2v) is 17.1. The fourth-order valence-corrected chi connectivity index (χ4v) is 7.87. The van der Waals surface area contributed by atoms with E-state index in [0.29, 0.717) is 12.8 Å². The first-order valence-corrected chi connectivity index (χ1v) is 23.8. The first kappa shape index (κ1) is 53.2. The Morgan fingerprint density at radius 3 is 1.27 bits per heavy atom. The van der Waals surface area contributed by atoms with Crippen molar-refractivity contribution >= 4 is 5.91 Å². The summed E-state index contributed by atoms with van der Waals surface area (Å²) < 4.78 is 11.2. The van der Waals surface area contributed by atoms with Crippen LogP contribution in [0.1, 0.15) is 226 Å². The van der Waals surface area contributed by atoms with E-state index >= 15 is 0 Å². The Balaban J connectivity index is 2.30. The van der Waals surface area contributed by atoms with E-state index in [-0.39, 0.29) is 6.61 Å². The largest absolute Gasteiger partial charge is 0.394 e. The molecule has 8 unspecified atom stereocenters. The smallest absolute Gasteiger partial charge is 0.249 e. The fraction of sp³-hybridized carbons (Fsp3) is 0.978. The Hall–Kier alpha value is -0.850. The lowest BCUT2D eigenvalue weighted by atomic mass is 9.99. The van der Waals surface area contributed by atoms with E-state index in [1.807, 2.05) is 0 Å². The van der Waals surface area contributed by atoms with Gasteiger partial charge in [-0.3, -0.25) is 4.79 Å². The minimum atomic E-state index is -1.59. The zero-order valence-electron chi connectivity index (χ0n) is 36.3. The normalized spacial score (nSPS) is 21.6. The third-order valence-corrected chi connectivity index (χ3v) is 11.8. The minimum absolute atomic E-state index is 0.250. The van der Waals surface area contributed by atoms with Crippen LogP contribution < -0.4 is 5.32 Å². The van der Waals surface area contributed by atoms with E-state index in [0.717, 1.165) is 44.9 Å². The van der Waals surface area contributed by atoms with Crippen LogP contribution in [0, 0.1) is 0 Å². The van der Waals surface area contributed by atoms with Gasteiger partial charge in [-0.25, -0.2) is 0 Å². The predicted octanol–water partition coefficient (Wildman–Crippen LogP) is 8.92. The highest BCUT2D eigenvalue weighted by Crippen LogP contribution is 2.23. The van der Waals surface area contributed by atoms with Crippen LogP contribution in [-0.2, 0) is 14.3 Å². The van der Waals surface area contributed by atoms with Gasteiger partial charge in [-0.2, -0.15) is 0 Å². The number of unbranched alkanes of at least 4 members (excludes halogenated alkanes) is 29. The molecular formula is C46H91NO9. The van der Waals surface area contributed by atoms with Gasteiger partial charge in [0.05, 0.1) is 25.4 Å². The lowest BCUT2D eigenvalue weighted by Crippen LogP contribution is -2.60. The highest BCUT2D eigenvalue weighted by molar-refractivity contribution is 5.80. The summed E-state index contributed by atoms with van der Waals surface area (Å²) in [7, 11) is 0. The van der Waals surface area contributed by atoms with Gasteiger partial charge in [0.25, 0.3) is 0 Å². The molecule has 56 heavy (non-hydrogen) atoms. The quantitative estimate of drug-likeness (QED) is 0.0299. The predicted molar refractivity (Wildman–Crippen MR) is 227 cm³/mol. The van der Waals surface area contributed by atoms with Gasteiger partial charge in [-0.05, 0) is 12.8 Å². The SMILES string of the molecule is CCCCCCCCCCCCCCCCCCCCCCC(O)C(=O)NC(COC1OC(CO)C(O)C(O)C1O)C(O)CCCCCCCCCCCCC. The summed E-state index contributed by atoms with van der Waals surface area (Å²) in [6, 6.07) is -0.887. The third kappa shape index (κ3) is 27.0. The number of hydrogen-bond acceptors (Lipinski definition) is 9. The molecule has 1 saturated heterocycles. The summed E-state index contributed by atoms with van der Waals surface area (Å²) in [6.45, 7) is 3.67. The molecule has 8 atom stereocenters. The average molecular weight is 802 g/mol. The molecule has 1 heterocycles. The zero-order valence-corrected chi connectivity index (χ0v) is 36.3. The molecule has 1 fully saturated rings. The summed E-state index contributed by atoms with van der Waals surface area (Å²) in [6.07, 6.45) is 30.2. The highest BCUT2D eigenvalue weighted by atomic mass is 16.7. The average Bonchev–Trinajstić information content (AvgIpc) is 3.20. The van der Waals surface area contributed by atoms with Crippen LogP contribution in [0.15, 0.2) is 0 Å². The molecule has 1 aliphatic heterocycles. The maximum atomic E-state index is 13.0. The maximum absolute atomic E-state index is 13.0. The molecule has 0 radical (unpaired) electrons. The number of hydrogen-bond donors (Lipinski definition) is 7. The minimum Gasteiger partial charge on any atom is -0.394 e. The second kappa shape index (κ2) is 37.2. The Labute approximate surface area is 343 Å². The summed E-state index contributed by atoms with van der Waals surface area (Å²) in [5, 5.41) is 64.8. The Kier molecular flexibility index (Phi) is 35.3. The molecule has 0 bridgehead atoms. The molecule has 0 aromatic carbocycles. The lowest BCUT2D eigenvalue weighted by Gasteiger charge is -2.40. The molecule has 0 aliphatic carbocycles. The molecule has 334 valence electrons. The molecule has 1 amide bonds. The molecule has 7 N–H and O–H groups in total.